The molecule has 22 heavy (non-hydrogen) atoms. The molecule has 2 aromatic rings. The van der Waals surface area contributed by atoms with Crippen molar-refractivity contribution < 1.29 is 14.1 Å². The Hall–Kier alpha value is -2.77. The van der Waals surface area contributed by atoms with E-state index in [1.165, 1.54) is 0 Å². The molecular weight excluding hydrogens is 291 g/mol. The highest BCUT2D eigenvalue weighted by atomic mass is 19.1. The minimum atomic E-state index is -0.911. The molecule has 1 heterocycles. The van der Waals surface area contributed by atoms with Crippen LogP contribution in [-0.4, -0.2) is 27.2 Å². The smallest absolute Gasteiger partial charge is 0.272 e. The van der Waals surface area contributed by atoms with Crippen LogP contribution in [0.2, 0.25) is 0 Å². The summed E-state index contributed by atoms with van der Waals surface area (Å²) < 4.78 is 15.5. The van der Waals surface area contributed by atoms with Crippen molar-refractivity contribution in [2.45, 2.75) is 13.5 Å². The number of hydrogen-bond donors (Lipinski definition) is 1. The Morgan fingerprint density at radius 3 is 2.91 bits per heavy atom. The number of benzene rings is 1. The van der Waals surface area contributed by atoms with E-state index in [1.54, 1.807) is 16.9 Å². The molecule has 0 fully saturated rings. The number of halogens is 1. The molecule has 0 aliphatic carbocycles. The summed E-state index contributed by atoms with van der Waals surface area (Å²) in [6, 6.07) is 4.76. The molecule has 0 saturated carbocycles. The summed E-state index contributed by atoms with van der Waals surface area (Å²) in [5, 5.41) is 17.2. The fourth-order valence-electron chi connectivity index (χ4n) is 1.96. The molecule has 1 aromatic carbocycles. The van der Waals surface area contributed by atoms with Gasteiger partial charge in [-0.15, -0.1) is 0 Å². The zero-order valence-corrected chi connectivity index (χ0v) is 11.9. The van der Waals surface area contributed by atoms with Gasteiger partial charge < -0.3 is 5.32 Å². The van der Waals surface area contributed by atoms with E-state index in [0.29, 0.717) is 13.1 Å². The minimum absolute atomic E-state index is 0.102. The van der Waals surface area contributed by atoms with E-state index >= 15 is 0 Å². The number of amides is 1. The maximum atomic E-state index is 13.7. The van der Waals surface area contributed by atoms with Gasteiger partial charge in [0.05, 0.1) is 16.6 Å². The van der Waals surface area contributed by atoms with Crippen LogP contribution in [0.3, 0.4) is 0 Å². The summed E-state index contributed by atoms with van der Waals surface area (Å²) in [5.41, 5.74) is -0.599. The lowest BCUT2D eigenvalue weighted by atomic mass is 10.1. The first-order valence-corrected chi connectivity index (χ1v) is 6.67. The van der Waals surface area contributed by atoms with Gasteiger partial charge in [-0.05, 0) is 18.1 Å². The molecular formula is C14H15FN4O3. The zero-order valence-electron chi connectivity index (χ0n) is 11.9. The predicted molar refractivity (Wildman–Crippen MR) is 76.8 cm³/mol. The Morgan fingerprint density at radius 1 is 1.55 bits per heavy atom. The van der Waals surface area contributed by atoms with Crippen LogP contribution >= 0.6 is 0 Å². The number of nitrogens with one attached hydrogen (secondary N) is 1. The van der Waals surface area contributed by atoms with E-state index in [1.807, 2.05) is 13.1 Å². The highest BCUT2D eigenvalue weighted by Crippen LogP contribution is 2.16. The summed E-state index contributed by atoms with van der Waals surface area (Å²) in [7, 11) is 0. The van der Waals surface area contributed by atoms with Crippen molar-refractivity contribution in [2.75, 3.05) is 6.54 Å². The third-order valence-electron chi connectivity index (χ3n) is 3.08. The quantitative estimate of drug-likeness (QED) is 0.653. The topological polar surface area (TPSA) is 90.1 Å². The Bertz CT molecular complexity index is 673. The molecule has 0 aliphatic heterocycles. The van der Waals surface area contributed by atoms with E-state index in [2.05, 4.69) is 10.4 Å². The fourth-order valence-corrected chi connectivity index (χ4v) is 1.96. The van der Waals surface area contributed by atoms with Crippen molar-refractivity contribution in [3.8, 4) is 0 Å². The molecule has 1 atom stereocenters. The van der Waals surface area contributed by atoms with Crippen molar-refractivity contribution in [1.29, 1.82) is 0 Å². The number of nitro groups is 1. The number of nitrogens with zero attached hydrogens (tertiary/aromatic N) is 3. The van der Waals surface area contributed by atoms with Gasteiger partial charge in [-0.3, -0.25) is 19.6 Å². The summed E-state index contributed by atoms with van der Waals surface area (Å²) in [4.78, 5) is 21.7. The van der Waals surface area contributed by atoms with E-state index in [0.717, 1.165) is 18.2 Å². The van der Waals surface area contributed by atoms with Gasteiger partial charge in [0.1, 0.15) is 5.82 Å². The van der Waals surface area contributed by atoms with Crippen LogP contribution < -0.4 is 5.32 Å². The summed E-state index contributed by atoms with van der Waals surface area (Å²) in [6.07, 6.45) is 3.48. The van der Waals surface area contributed by atoms with Gasteiger partial charge in [0.2, 0.25) is 0 Å². The normalized spacial score (nSPS) is 11.9. The van der Waals surface area contributed by atoms with Crippen LogP contribution in [0.5, 0.6) is 0 Å². The van der Waals surface area contributed by atoms with Crippen LogP contribution in [0.4, 0.5) is 10.1 Å². The third-order valence-corrected chi connectivity index (χ3v) is 3.08. The van der Waals surface area contributed by atoms with Gasteiger partial charge in [0.25, 0.3) is 11.6 Å². The molecule has 0 unspecified atom stereocenters. The molecule has 0 spiro atoms. The van der Waals surface area contributed by atoms with Crippen LogP contribution in [0.25, 0.3) is 0 Å². The standard InChI is InChI=1S/C14H15FN4O3/c1-10(9-18-6-2-5-17-18)8-16-14(20)12-4-3-11(19(21)22)7-13(12)15/h2-7,10H,8-9H2,1H3,(H,16,20)/t10-/m0/s1. The lowest BCUT2D eigenvalue weighted by Gasteiger charge is -2.13. The van der Waals surface area contributed by atoms with E-state index < -0.39 is 16.6 Å². The SMILES string of the molecule is C[C@@H](CNC(=O)c1ccc([N+](=O)[O-])cc1F)Cn1cccn1. The van der Waals surface area contributed by atoms with E-state index in [-0.39, 0.29) is 17.2 Å². The first-order chi connectivity index (χ1) is 10.5. The monoisotopic (exact) mass is 306 g/mol. The molecule has 7 nitrogen and oxygen atoms in total. The van der Waals surface area contributed by atoms with Crippen LogP contribution in [0.15, 0.2) is 36.7 Å². The zero-order chi connectivity index (χ0) is 16.1. The van der Waals surface area contributed by atoms with Crippen LogP contribution in [0.1, 0.15) is 17.3 Å². The van der Waals surface area contributed by atoms with E-state index in [4.69, 9.17) is 0 Å². The summed E-state index contributed by atoms with van der Waals surface area (Å²) in [6.45, 7) is 2.89. The second kappa shape index (κ2) is 6.79. The molecule has 8 heteroatoms. The highest BCUT2D eigenvalue weighted by Gasteiger charge is 2.16. The van der Waals surface area contributed by atoms with Crippen molar-refractivity contribution in [3.05, 3.63) is 58.2 Å². The molecule has 0 aliphatic rings. The Balaban J connectivity index is 1.93. The summed E-state index contributed by atoms with van der Waals surface area (Å²) in [5.74, 6) is -1.41. The summed E-state index contributed by atoms with van der Waals surface area (Å²) >= 11 is 0. The molecule has 0 saturated heterocycles. The van der Waals surface area contributed by atoms with Gasteiger partial charge in [-0.1, -0.05) is 6.92 Å². The van der Waals surface area contributed by atoms with Crippen LogP contribution in [0, 0.1) is 21.8 Å². The maximum Gasteiger partial charge on any atom is 0.272 e. The fraction of sp³-hybridized carbons (Fsp3) is 0.286. The molecule has 116 valence electrons. The minimum Gasteiger partial charge on any atom is -0.352 e. The number of rotatable bonds is 6. The number of aromatic nitrogens is 2. The maximum absolute atomic E-state index is 13.7. The number of hydrogen-bond acceptors (Lipinski definition) is 4. The molecule has 0 radical (unpaired) electrons. The van der Waals surface area contributed by atoms with Gasteiger partial charge >= 0.3 is 0 Å². The van der Waals surface area contributed by atoms with Crippen molar-refractivity contribution in [2.24, 2.45) is 5.92 Å². The average molecular weight is 306 g/mol. The number of carbonyl (C=O) groups excluding carboxylic acids is 1. The Labute approximate surface area is 125 Å². The lowest BCUT2D eigenvalue weighted by Crippen LogP contribution is -2.30. The molecule has 1 N–H and O–H groups in total. The first-order valence-electron chi connectivity index (χ1n) is 6.67. The predicted octanol–water partition coefficient (Wildman–Crippen LogP) is 2.00. The Kier molecular flexibility index (Phi) is 4.82. The van der Waals surface area contributed by atoms with Gasteiger partial charge in [0, 0.05) is 31.5 Å². The first kappa shape index (κ1) is 15.6. The van der Waals surface area contributed by atoms with Gasteiger partial charge in [0.15, 0.2) is 0 Å². The largest absolute Gasteiger partial charge is 0.352 e. The van der Waals surface area contributed by atoms with E-state index in [9.17, 15) is 19.3 Å². The van der Waals surface area contributed by atoms with Crippen molar-refractivity contribution in [3.63, 3.8) is 0 Å². The van der Waals surface area contributed by atoms with Crippen molar-refractivity contribution >= 4 is 11.6 Å². The molecule has 1 amide bonds. The second-order valence-corrected chi connectivity index (χ2v) is 4.96. The molecule has 0 bridgehead atoms. The number of carbonyl (C=O) groups is 1. The average Bonchev–Trinajstić information content (AvgIpc) is 2.97. The number of non-ortho nitro benzene ring substituents is 1. The number of nitro benzene ring substituents is 1. The Morgan fingerprint density at radius 2 is 2.32 bits per heavy atom. The van der Waals surface area contributed by atoms with Crippen LogP contribution in [-0.2, 0) is 6.54 Å². The molecule has 1 aromatic heterocycles. The lowest BCUT2D eigenvalue weighted by molar-refractivity contribution is -0.385. The van der Waals surface area contributed by atoms with Gasteiger partial charge in [-0.25, -0.2) is 4.39 Å². The van der Waals surface area contributed by atoms with Crippen molar-refractivity contribution in [1.82, 2.24) is 15.1 Å². The molecule has 2 rings (SSSR count). The highest BCUT2D eigenvalue weighted by molar-refractivity contribution is 5.94. The third kappa shape index (κ3) is 3.87. The van der Waals surface area contributed by atoms with Gasteiger partial charge in [-0.2, -0.15) is 5.10 Å². The second-order valence-electron chi connectivity index (χ2n) is 4.96.